The fourth-order valence-electron chi connectivity index (χ4n) is 2.20. The minimum absolute atomic E-state index is 0.0881. The van der Waals surface area contributed by atoms with Crippen LogP contribution in [0.5, 0.6) is 0 Å². The monoisotopic (exact) mass is 284 g/mol. The Balaban J connectivity index is 1.55. The summed E-state index contributed by atoms with van der Waals surface area (Å²) in [5, 5.41) is 2.86. The first-order chi connectivity index (χ1) is 10.3. The number of amides is 2. The molecule has 3 heterocycles. The van der Waals surface area contributed by atoms with Crippen molar-refractivity contribution in [3.05, 3.63) is 43.0 Å². The fraction of sp³-hybridized carbons (Fsp3) is 0.286. The lowest BCUT2D eigenvalue weighted by Gasteiger charge is -2.34. The Bertz CT molecular complexity index is 583. The molecule has 2 amide bonds. The Labute approximate surface area is 122 Å². The van der Waals surface area contributed by atoms with E-state index < -0.39 is 0 Å². The van der Waals surface area contributed by atoms with E-state index in [0.29, 0.717) is 19.0 Å². The number of aromatic nitrogens is 3. The largest absolute Gasteiger partial charge is 0.337 e. The zero-order chi connectivity index (χ0) is 14.5. The van der Waals surface area contributed by atoms with Crippen molar-refractivity contribution in [3.63, 3.8) is 0 Å². The molecule has 0 aliphatic carbocycles. The van der Waals surface area contributed by atoms with E-state index in [1.54, 1.807) is 47.9 Å². The summed E-state index contributed by atoms with van der Waals surface area (Å²) in [5.74, 6) is 0.715. The van der Waals surface area contributed by atoms with Crippen molar-refractivity contribution in [1.29, 1.82) is 0 Å². The normalized spacial score (nSPS) is 14.9. The number of pyridine rings is 1. The SMILES string of the molecule is O=C(Nc1ccncc1)N1CCN(c2ncccn2)CC1. The number of nitrogens with zero attached hydrogens (tertiary/aromatic N) is 5. The summed E-state index contributed by atoms with van der Waals surface area (Å²) in [6.07, 6.45) is 6.76. The Morgan fingerprint density at radius 3 is 2.33 bits per heavy atom. The highest BCUT2D eigenvalue weighted by molar-refractivity contribution is 5.89. The average Bonchev–Trinajstić information content (AvgIpc) is 2.57. The van der Waals surface area contributed by atoms with Crippen LogP contribution in [0.15, 0.2) is 43.0 Å². The van der Waals surface area contributed by atoms with Crippen LogP contribution in [0.2, 0.25) is 0 Å². The van der Waals surface area contributed by atoms with Crippen LogP contribution in [0, 0.1) is 0 Å². The van der Waals surface area contributed by atoms with Gasteiger partial charge in [-0.3, -0.25) is 4.98 Å². The predicted molar refractivity (Wildman–Crippen MR) is 79.1 cm³/mol. The van der Waals surface area contributed by atoms with Crippen LogP contribution in [-0.4, -0.2) is 52.1 Å². The number of anilines is 2. The molecule has 21 heavy (non-hydrogen) atoms. The van der Waals surface area contributed by atoms with Gasteiger partial charge in [0.05, 0.1) is 0 Å². The van der Waals surface area contributed by atoms with Crippen molar-refractivity contribution in [1.82, 2.24) is 19.9 Å². The lowest BCUT2D eigenvalue weighted by molar-refractivity contribution is 0.208. The molecule has 1 fully saturated rings. The molecule has 1 N–H and O–H groups in total. The molecule has 7 nitrogen and oxygen atoms in total. The number of carbonyl (C=O) groups is 1. The Morgan fingerprint density at radius 2 is 1.67 bits per heavy atom. The molecule has 2 aromatic rings. The van der Waals surface area contributed by atoms with E-state index in [2.05, 4.69) is 25.2 Å². The Morgan fingerprint density at radius 1 is 1.00 bits per heavy atom. The molecule has 0 aromatic carbocycles. The van der Waals surface area contributed by atoms with Gasteiger partial charge in [0, 0.05) is 56.7 Å². The van der Waals surface area contributed by atoms with Gasteiger partial charge in [0.15, 0.2) is 0 Å². The summed E-state index contributed by atoms with van der Waals surface area (Å²) in [4.78, 5) is 28.4. The highest BCUT2D eigenvalue weighted by Crippen LogP contribution is 2.11. The average molecular weight is 284 g/mol. The summed E-state index contributed by atoms with van der Waals surface area (Å²) >= 11 is 0. The first-order valence-corrected chi connectivity index (χ1v) is 6.81. The van der Waals surface area contributed by atoms with E-state index in [4.69, 9.17) is 0 Å². The van der Waals surface area contributed by atoms with Gasteiger partial charge in [0.25, 0.3) is 0 Å². The highest BCUT2D eigenvalue weighted by Gasteiger charge is 2.22. The molecular weight excluding hydrogens is 268 g/mol. The zero-order valence-electron chi connectivity index (χ0n) is 11.5. The van der Waals surface area contributed by atoms with E-state index in [9.17, 15) is 4.79 Å². The molecular formula is C14H16N6O. The van der Waals surface area contributed by atoms with Gasteiger partial charge in [0.1, 0.15) is 0 Å². The van der Waals surface area contributed by atoms with Crippen LogP contribution in [0.3, 0.4) is 0 Å². The van der Waals surface area contributed by atoms with E-state index in [0.717, 1.165) is 18.8 Å². The molecule has 1 saturated heterocycles. The minimum Gasteiger partial charge on any atom is -0.337 e. The molecule has 2 aromatic heterocycles. The standard InChI is InChI=1S/C14H16N6O/c21-14(18-12-2-6-15-7-3-12)20-10-8-19(9-11-20)13-16-4-1-5-17-13/h1-7H,8-11H2,(H,15,18,21). The number of carbonyl (C=O) groups excluding carboxylic acids is 1. The maximum absolute atomic E-state index is 12.2. The predicted octanol–water partition coefficient (Wildman–Crippen LogP) is 1.23. The van der Waals surface area contributed by atoms with Gasteiger partial charge in [-0.05, 0) is 18.2 Å². The van der Waals surface area contributed by atoms with Crippen LogP contribution < -0.4 is 10.2 Å². The van der Waals surface area contributed by atoms with Gasteiger partial charge in [-0.15, -0.1) is 0 Å². The molecule has 0 saturated carbocycles. The van der Waals surface area contributed by atoms with Crippen molar-refractivity contribution < 1.29 is 4.79 Å². The van der Waals surface area contributed by atoms with Crippen LogP contribution >= 0.6 is 0 Å². The first-order valence-electron chi connectivity index (χ1n) is 6.81. The zero-order valence-corrected chi connectivity index (χ0v) is 11.5. The Hall–Kier alpha value is -2.70. The topological polar surface area (TPSA) is 74.2 Å². The molecule has 108 valence electrons. The number of hydrogen-bond acceptors (Lipinski definition) is 5. The summed E-state index contributed by atoms with van der Waals surface area (Å²) in [6.45, 7) is 2.76. The third kappa shape index (κ3) is 3.25. The third-order valence-corrected chi connectivity index (χ3v) is 3.33. The third-order valence-electron chi connectivity index (χ3n) is 3.33. The molecule has 0 spiro atoms. The van der Waals surface area contributed by atoms with Crippen molar-refractivity contribution in [2.75, 3.05) is 36.4 Å². The number of rotatable bonds is 2. The van der Waals surface area contributed by atoms with Crippen molar-refractivity contribution >= 4 is 17.7 Å². The molecule has 0 unspecified atom stereocenters. The summed E-state index contributed by atoms with van der Waals surface area (Å²) in [7, 11) is 0. The lowest BCUT2D eigenvalue weighted by atomic mass is 10.3. The first kappa shape index (κ1) is 13.3. The molecule has 0 radical (unpaired) electrons. The van der Waals surface area contributed by atoms with E-state index in [1.165, 1.54) is 0 Å². The molecule has 0 bridgehead atoms. The maximum atomic E-state index is 12.2. The van der Waals surface area contributed by atoms with Crippen LogP contribution in [0.25, 0.3) is 0 Å². The van der Waals surface area contributed by atoms with Gasteiger partial charge in [-0.25, -0.2) is 14.8 Å². The van der Waals surface area contributed by atoms with Crippen LogP contribution in [-0.2, 0) is 0 Å². The number of piperazine rings is 1. The number of nitrogens with one attached hydrogen (secondary N) is 1. The second-order valence-corrected chi connectivity index (χ2v) is 4.69. The van der Waals surface area contributed by atoms with Crippen molar-refractivity contribution in [2.24, 2.45) is 0 Å². The summed E-state index contributed by atoms with van der Waals surface area (Å²) < 4.78 is 0. The van der Waals surface area contributed by atoms with Crippen LogP contribution in [0.1, 0.15) is 0 Å². The second-order valence-electron chi connectivity index (χ2n) is 4.69. The minimum atomic E-state index is -0.0881. The van der Waals surface area contributed by atoms with Crippen LogP contribution in [0.4, 0.5) is 16.4 Å². The van der Waals surface area contributed by atoms with Gasteiger partial charge in [-0.1, -0.05) is 0 Å². The van der Waals surface area contributed by atoms with Gasteiger partial charge >= 0.3 is 6.03 Å². The van der Waals surface area contributed by atoms with Gasteiger partial charge < -0.3 is 15.1 Å². The molecule has 7 heteroatoms. The van der Waals surface area contributed by atoms with Gasteiger partial charge in [-0.2, -0.15) is 0 Å². The maximum Gasteiger partial charge on any atom is 0.321 e. The van der Waals surface area contributed by atoms with E-state index >= 15 is 0 Å². The van der Waals surface area contributed by atoms with E-state index in [1.807, 2.05) is 0 Å². The quantitative estimate of drug-likeness (QED) is 0.897. The number of hydrogen-bond donors (Lipinski definition) is 1. The molecule has 0 atom stereocenters. The van der Waals surface area contributed by atoms with Gasteiger partial charge in [0.2, 0.25) is 5.95 Å². The van der Waals surface area contributed by atoms with E-state index in [-0.39, 0.29) is 6.03 Å². The van der Waals surface area contributed by atoms with Crippen molar-refractivity contribution in [3.8, 4) is 0 Å². The summed E-state index contributed by atoms with van der Waals surface area (Å²) in [6, 6.07) is 5.25. The smallest absolute Gasteiger partial charge is 0.321 e. The second kappa shape index (κ2) is 6.17. The Kier molecular flexibility index (Phi) is 3.90. The summed E-state index contributed by atoms with van der Waals surface area (Å²) in [5.41, 5.74) is 0.754. The fourth-order valence-corrected chi connectivity index (χ4v) is 2.20. The molecule has 3 rings (SSSR count). The highest BCUT2D eigenvalue weighted by atomic mass is 16.2. The lowest BCUT2D eigenvalue weighted by Crippen LogP contribution is -2.50. The molecule has 1 aliphatic heterocycles. The van der Waals surface area contributed by atoms with Crippen molar-refractivity contribution in [2.45, 2.75) is 0 Å². The molecule has 1 aliphatic rings. The number of urea groups is 1.